The van der Waals surface area contributed by atoms with E-state index in [1.807, 2.05) is 55.5 Å². The molecule has 0 aromatic heterocycles. The number of fused-ring (bicyclic) bond motifs is 1. The molecule has 3 nitrogen and oxygen atoms in total. The molecule has 1 heterocycles. The lowest BCUT2D eigenvalue weighted by Crippen LogP contribution is -2.38. The van der Waals surface area contributed by atoms with E-state index < -0.39 is 0 Å². The Kier molecular flexibility index (Phi) is 3.54. The number of hydrogen-bond acceptors (Lipinski definition) is 2. The molecule has 1 amide bonds. The van der Waals surface area contributed by atoms with Crippen LogP contribution in [0.1, 0.15) is 27.7 Å². The van der Waals surface area contributed by atoms with Crippen LogP contribution in [0.2, 0.25) is 0 Å². The second-order valence-corrected chi connectivity index (χ2v) is 6.04. The highest BCUT2D eigenvalue weighted by molar-refractivity contribution is 6.02. The molecule has 0 bridgehead atoms. The number of rotatable bonds is 2. The van der Waals surface area contributed by atoms with E-state index >= 15 is 0 Å². The van der Waals surface area contributed by atoms with Crippen molar-refractivity contribution in [1.29, 1.82) is 0 Å². The zero-order chi connectivity index (χ0) is 16.5. The Morgan fingerprint density at radius 2 is 1.54 bits per heavy atom. The summed E-state index contributed by atoms with van der Waals surface area (Å²) in [6, 6.07) is 24.3. The van der Waals surface area contributed by atoms with Crippen LogP contribution in [-0.4, -0.2) is 5.91 Å². The predicted octanol–water partition coefficient (Wildman–Crippen LogP) is 4.52. The Bertz CT molecular complexity index is 903. The van der Waals surface area contributed by atoms with Gasteiger partial charge in [0.2, 0.25) is 0 Å². The SMILES string of the molecule is Cc1cccc2c1N[C@@H](c1cccc(-c3ccccc3)c1)NC2=O. The Hall–Kier alpha value is -3.07. The standard InChI is InChI=1S/C21H18N2O/c1-14-7-5-12-18-19(14)22-20(23-21(18)24)17-11-6-10-16(13-17)15-8-3-2-4-9-15/h2-13,20,22H,1H3,(H,23,24)/t20-/m1/s1. The minimum atomic E-state index is -0.227. The maximum Gasteiger partial charge on any atom is 0.255 e. The second kappa shape index (κ2) is 5.85. The summed E-state index contributed by atoms with van der Waals surface area (Å²) in [5, 5.41) is 6.50. The highest BCUT2D eigenvalue weighted by Gasteiger charge is 2.25. The molecule has 0 spiro atoms. The molecule has 1 aliphatic rings. The molecule has 1 atom stereocenters. The molecule has 3 aromatic rings. The van der Waals surface area contributed by atoms with Gasteiger partial charge in [-0.25, -0.2) is 0 Å². The van der Waals surface area contributed by atoms with Gasteiger partial charge in [-0.1, -0.05) is 60.7 Å². The lowest BCUT2D eigenvalue weighted by molar-refractivity contribution is 0.0935. The monoisotopic (exact) mass is 314 g/mol. The number of nitrogens with one attached hydrogen (secondary N) is 2. The molecular formula is C21H18N2O. The topological polar surface area (TPSA) is 41.1 Å². The van der Waals surface area contributed by atoms with Crippen LogP contribution in [0.3, 0.4) is 0 Å². The number of carbonyl (C=O) groups is 1. The smallest absolute Gasteiger partial charge is 0.255 e. The van der Waals surface area contributed by atoms with Gasteiger partial charge in [-0.05, 0) is 41.3 Å². The van der Waals surface area contributed by atoms with Crippen LogP contribution in [0.15, 0.2) is 72.8 Å². The van der Waals surface area contributed by atoms with Gasteiger partial charge in [-0.15, -0.1) is 0 Å². The molecule has 0 radical (unpaired) electrons. The summed E-state index contributed by atoms with van der Waals surface area (Å²) in [5.74, 6) is -0.0393. The molecule has 3 aromatic carbocycles. The van der Waals surface area contributed by atoms with Crippen molar-refractivity contribution in [1.82, 2.24) is 5.32 Å². The van der Waals surface area contributed by atoms with Crippen molar-refractivity contribution in [2.45, 2.75) is 13.1 Å². The summed E-state index contributed by atoms with van der Waals surface area (Å²) >= 11 is 0. The summed E-state index contributed by atoms with van der Waals surface area (Å²) < 4.78 is 0. The molecule has 2 N–H and O–H groups in total. The van der Waals surface area contributed by atoms with E-state index in [1.54, 1.807) is 0 Å². The lowest BCUT2D eigenvalue weighted by Gasteiger charge is -2.29. The quantitative estimate of drug-likeness (QED) is 0.730. The van der Waals surface area contributed by atoms with Crippen LogP contribution in [0.25, 0.3) is 11.1 Å². The van der Waals surface area contributed by atoms with Crippen molar-refractivity contribution in [3.63, 3.8) is 0 Å². The Morgan fingerprint density at radius 3 is 2.38 bits per heavy atom. The Labute approximate surface area is 141 Å². The number of amides is 1. The molecule has 118 valence electrons. The van der Waals surface area contributed by atoms with Gasteiger partial charge in [0.05, 0.1) is 11.3 Å². The van der Waals surface area contributed by atoms with Crippen LogP contribution >= 0.6 is 0 Å². The fourth-order valence-electron chi connectivity index (χ4n) is 3.13. The van der Waals surface area contributed by atoms with E-state index in [0.717, 1.165) is 27.9 Å². The van der Waals surface area contributed by atoms with Crippen molar-refractivity contribution >= 4 is 11.6 Å². The van der Waals surface area contributed by atoms with Crippen LogP contribution in [-0.2, 0) is 0 Å². The van der Waals surface area contributed by atoms with E-state index in [4.69, 9.17) is 0 Å². The van der Waals surface area contributed by atoms with Crippen LogP contribution in [0.5, 0.6) is 0 Å². The molecule has 0 saturated carbocycles. The molecule has 0 fully saturated rings. The largest absolute Gasteiger partial charge is 0.361 e. The van der Waals surface area contributed by atoms with Crippen LogP contribution in [0, 0.1) is 6.92 Å². The third-order valence-electron chi connectivity index (χ3n) is 4.41. The Balaban J connectivity index is 1.71. The van der Waals surface area contributed by atoms with Crippen LogP contribution in [0.4, 0.5) is 5.69 Å². The van der Waals surface area contributed by atoms with Crippen molar-refractivity contribution in [2.24, 2.45) is 0 Å². The first-order valence-electron chi connectivity index (χ1n) is 8.05. The molecule has 0 unspecified atom stereocenters. The van der Waals surface area contributed by atoms with E-state index in [9.17, 15) is 4.79 Å². The van der Waals surface area contributed by atoms with Crippen LogP contribution < -0.4 is 10.6 Å². The van der Waals surface area contributed by atoms with E-state index in [2.05, 4.69) is 34.9 Å². The molecule has 0 saturated heterocycles. The zero-order valence-electron chi connectivity index (χ0n) is 13.4. The number of benzene rings is 3. The molecule has 1 aliphatic heterocycles. The van der Waals surface area contributed by atoms with Gasteiger partial charge in [0.15, 0.2) is 0 Å². The minimum absolute atomic E-state index is 0.0393. The summed E-state index contributed by atoms with van der Waals surface area (Å²) in [6.07, 6.45) is -0.227. The average Bonchev–Trinajstić information content (AvgIpc) is 2.63. The highest BCUT2D eigenvalue weighted by atomic mass is 16.2. The summed E-state index contributed by atoms with van der Waals surface area (Å²) in [4.78, 5) is 12.4. The first-order chi connectivity index (χ1) is 11.7. The van der Waals surface area contributed by atoms with Crippen molar-refractivity contribution in [2.75, 3.05) is 5.32 Å². The molecular weight excluding hydrogens is 296 g/mol. The maximum absolute atomic E-state index is 12.4. The van der Waals surface area contributed by atoms with Gasteiger partial charge in [-0.3, -0.25) is 4.79 Å². The van der Waals surface area contributed by atoms with Gasteiger partial charge in [0.1, 0.15) is 6.17 Å². The van der Waals surface area contributed by atoms with E-state index in [1.165, 1.54) is 0 Å². The van der Waals surface area contributed by atoms with Gasteiger partial charge in [-0.2, -0.15) is 0 Å². The van der Waals surface area contributed by atoms with Gasteiger partial charge in [0.25, 0.3) is 5.91 Å². The highest BCUT2D eigenvalue weighted by Crippen LogP contribution is 2.30. The number of hydrogen-bond donors (Lipinski definition) is 2. The number of carbonyl (C=O) groups excluding carboxylic acids is 1. The number of para-hydroxylation sites is 1. The lowest BCUT2D eigenvalue weighted by atomic mass is 9.99. The third kappa shape index (κ3) is 2.54. The number of anilines is 1. The second-order valence-electron chi connectivity index (χ2n) is 6.04. The minimum Gasteiger partial charge on any atom is -0.361 e. The van der Waals surface area contributed by atoms with Crippen molar-refractivity contribution in [3.8, 4) is 11.1 Å². The van der Waals surface area contributed by atoms with Crippen molar-refractivity contribution in [3.05, 3.63) is 89.5 Å². The van der Waals surface area contributed by atoms with E-state index in [-0.39, 0.29) is 12.1 Å². The maximum atomic E-state index is 12.4. The fraction of sp³-hybridized carbons (Fsp3) is 0.0952. The van der Waals surface area contributed by atoms with Gasteiger partial charge < -0.3 is 10.6 Å². The predicted molar refractivity (Wildman–Crippen MR) is 96.9 cm³/mol. The first kappa shape index (κ1) is 14.5. The molecule has 0 aliphatic carbocycles. The zero-order valence-corrected chi connectivity index (χ0v) is 13.4. The summed E-state index contributed by atoms with van der Waals surface area (Å²) in [7, 11) is 0. The van der Waals surface area contributed by atoms with E-state index in [0.29, 0.717) is 5.56 Å². The fourth-order valence-corrected chi connectivity index (χ4v) is 3.13. The third-order valence-corrected chi connectivity index (χ3v) is 4.41. The molecule has 3 heteroatoms. The van der Waals surface area contributed by atoms with Gasteiger partial charge in [0, 0.05) is 0 Å². The normalized spacial score (nSPS) is 16.0. The van der Waals surface area contributed by atoms with Gasteiger partial charge >= 0.3 is 0 Å². The number of aryl methyl sites for hydroxylation is 1. The summed E-state index contributed by atoms with van der Waals surface area (Å²) in [5.41, 5.74) is 6.03. The molecule has 24 heavy (non-hydrogen) atoms. The first-order valence-corrected chi connectivity index (χ1v) is 8.05. The summed E-state index contributed by atoms with van der Waals surface area (Å²) in [6.45, 7) is 2.02. The van der Waals surface area contributed by atoms with Crippen molar-refractivity contribution < 1.29 is 4.79 Å². The Morgan fingerprint density at radius 1 is 0.792 bits per heavy atom. The molecule has 4 rings (SSSR count). The average molecular weight is 314 g/mol.